The summed E-state index contributed by atoms with van der Waals surface area (Å²) in [5.74, 6) is -0.524. The number of thiol groups is 1. The minimum atomic E-state index is -0.799. The van der Waals surface area contributed by atoms with Crippen LogP contribution in [0.1, 0.15) is 12.8 Å². The van der Waals surface area contributed by atoms with Crippen LogP contribution in [0.4, 0.5) is 0 Å². The van der Waals surface area contributed by atoms with E-state index in [9.17, 15) is 4.79 Å². The van der Waals surface area contributed by atoms with E-state index in [1.54, 1.807) is 4.68 Å². The molecule has 16 heavy (non-hydrogen) atoms. The van der Waals surface area contributed by atoms with Gasteiger partial charge in [0, 0.05) is 6.54 Å². The van der Waals surface area contributed by atoms with E-state index in [-0.39, 0.29) is 5.92 Å². The van der Waals surface area contributed by atoms with Gasteiger partial charge in [0.1, 0.15) is 6.04 Å². The Kier molecular flexibility index (Phi) is 3.39. The van der Waals surface area contributed by atoms with Crippen LogP contribution in [-0.2, 0) is 11.3 Å². The molecule has 0 saturated carbocycles. The summed E-state index contributed by atoms with van der Waals surface area (Å²) in [5, 5.41) is 23.3. The number of carboxylic acid groups (broad SMARTS) is 1. The molecule has 0 bridgehead atoms. The molecule has 2 atom stereocenters. The predicted octanol–water partition coefficient (Wildman–Crippen LogP) is -0.585. The number of aliphatic carboxylic acids is 1. The van der Waals surface area contributed by atoms with Gasteiger partial charge in [-0.3, -0.25) is 4.79 Å². The molecule has 1 fully saturated rings. The van der Waals surface area contributed by atoms with Crippen molar-refractivity contribution < 1.29 is 9.90 Å². The number of tetrazole rings is 1. The van der Waals surface area contributed by atoms with E-state index < -0.39 is 12.0 Å². The molecule has 88 valence electrons. The van der Waals surface area contributed by atoms with Gasteiger partial charge in [-0.2, -0.15) is 0 Å². The third-order valence-corrected chi connectivity index (χ3v) is 3.07. The quantitative estimate of drug-likeness (QED) is 0.615. The number of hydrogen-bond acceptors (Lipinski definition) is 6. The zero-order valence-corrected chi connectivity index (χ0v) is 9.47. The highest BCUT2D eigenvalue weighted by atomic mass is 32.1. The molecule has 2 N–H and O–H groups in total. The zero-order valence-electron chi connectivity index (χ0n) is 8.57. The topological polar surface area (TPSA) is 92.9 Å². The molecule has 8 heteroatoms. The molecule has 1 unspecified atom stereocenters. The van der Waals surface area contributed by atoms with Crippen LogP contribution in [0.5, 0.6) is 0 Å². The first-order valence-corrected chi connectivity index (χ1v) is 5.53. The number of hydrogen-bond donors (Lipinski definition) is 3. The van der Waals surface area contributed by atoms with E-state index in [0.717, 1.165) is 6.42 Å². The lowest BCUT2D eigenvalue weighted by molar-refractivity contribution is -0.140. The Labute approximate surface area is 97.6 Å². The van der Waals surface area contributed by atoms with Gasteiger partial charge in [0.05, 0.1) is 0 Å². The maximum atomic E-state index is 10.8. The number of rotatable bonds is 3. The molecule has 1 aromatic heterocycles. The Morgan fingerprint density at radius 2 is 2.50 bits per heavy atom. The van der Waals surface area contributed by atoms with Crippen molar-refractivity contribution in [2.75, 3.05) is 6.54 Å². The van der Waals surface area contributed by atoms with Crippen molar-refractivity contribution in [2.45, 2.75) is 30.6 Å². The first-order valence-electron chi connectivity index (χ1n) is 5.08. The van der Waals surface area contributed by atoms with E-state index >= 15 is 0 Å². The van der Waals surface area contributed by atoms with Crippen LogP contribution in [-0.4, -0.2) is 43.9 Å². The fourth-order valence-corrected chi connectivity index (χ4v) is 2.07. The Balaban J connectivity index is 1.95. The standard InChI is InChI=1S/C8H13N5O2S/c14-7(15)6-3-5(1-2-9-6)4-13-8(16)10-11-12-13/h5-6,9H,1-4H2,(H,14,15)(H,10,12,16)/t5?,6-/m0/s1. The van der Waals surface area contributed by atoms with Crippen molar-refractivity contribution in [3.8, 4) is 0 Å². The summed E-state index contributed by atoms with van der Waals surface area (Å²) in [6.07, 6.45) is 1.53. The summed E-state index contributed by atoms with van der Waals surface area (Å²) < 4.78 is 1.60. The van der Waals surface area contributed by atoms with Crippen LogP contribution in [0.25, 0.3) is 0 Å². The van der Waals surface area contributed by atoms with Gasteiger partial charge in [0.2, 0.25) is 5.16 Å². The van der Waals surface area contributed by atoms with Crippen LogP contribution in [0.2, 0.25) is 0 Å². The molecule has 0 radical (unpaired) electrons. The summed E-state index contributed by atoms with van der Waals surface area (Å²) in [6.45, 7) is 1.34. The highest BCUT2D eigenvalue weighted by Gasteiger charge is 2.27. The van der Waals surface area contributed by atoms with Crippen LogP contribution in [0.15, 0.2) is 5.16 Å². The van der Waals surface area contributed by atoms with Crippen LogP contribution in [0.3, 0.4) is 0 Å². The molecule has 0 spiro atoms. The second-order valence-corrected chi connectivity index (χ2v) is 4.30. The number of nitrogens with zero attached hydrogens (tertiary/aromatic N) is 4. The molecular formula is C8H13N5O2S. The number of aromatic nitrogens is 4. The highest BCUT2D eigenvalue weighted by molar-refractivity contribution is 7.80. The Hall–Kier alpha value is -1.15. The van der Waals surface area contributed by atoms with Crippen molar-refractivity contribution in [3.05, 3.63) is 0 Å². The highest BCUT2D eigenvalue weighted by Crippen LogP contribution is 2.19. The average molecular weight is 243 g/mol. The fourth-order valence-electron chi connectivity index (χ4n) is 1.91. The van der Waals surface area contributed by atoms with E-state index in [1.807, 2.05) is 0 Å². The van der Waals surface area contributed by atoms with E-state index in [2.05, 4.69) is 33.5 Å². The smallest absolute Gasteiger partial charge is 0.320 e. The van der Waals surface area contributed by atoms with Crippen LogP contribution >= 0.6 is 12.6 Å². The Morgan fingerprint density at radius 1 is 1.69 bits per heavy atom. The molecule has 2 rings (SSSR count). The van der Waals surface area contributed by atoms with Crippen molar-refractivity contribution in [1.82, 2.24) is 25.5 Å². The number of carboxylic acids is 1. The predicted molar refractivity (Wildman–Crippen MR) is 57.2 cm³/mol. The van der Waals surface area contributed by atoms with Gasteiger partial charge in [0.15, 0.2) is 0 Å². The van der Waals surface area contributed by atoms with Gasteiger partial charge < -0.3 is 10.4 Å². The Bertz CT molecular complexity index is 382. The SMILES string of the molecule is O=C(O)[C@@H]1CC(Cn2nnnc2S)CCN1. The lowest BCUT2D eigenvalue weighted by Gasteiger charge is -2.27. The summed E-state index contributed by atoms with van der Waals surface area (Å²) in [7, 11) is 0. The van der Waals surface area contributed by atoms with Crippen molar-refractivity contribution in [1.29, 1.82) is 0 Å². The molecule has 1 aromatic rings. The van der Waals surface area contributed by atoms with Crippen LogP contribution < -0.4 is 5.32 Å². The second-order valence-electron chi connectivity index (χ2n) is 3.90. The average Bonchev–Trinajstić information content (AvgIpc) is 2.65. The molecule has 0 amide bonds. The largest absolute Gasteiger partial charge is 0.480 e. The first-order chi connectivity index (χ1) is 7.66. The summed E-state index contributed by atoms with van der Waals surface area (Å²) in [6, 6.07) is -0.460. The fraction of sp³-hybridized carbons (Fsp3) is 0.750. The third kappa shape index (κ3) is 2.50. The monoisotopic (exact) mass is 243 g/mol. The molecule has 7 nitrogen and oxygen atoms in total. The van der Waals surface area contributed by atoms with Gasteiger partial charge in [-0.25, -0.2) is 4.68 Å². The minimum absolute atomic E-state index is 0.275. The molecular weight excluding hydrogens is 230 g/mol. The van der Waals surface area contributed by atoms with Crippen LogP contribution in [0, 0.1) is 5.92 Å². The minimum Gasteiger partial charge on any atom is -0.480 e. The number of carbonyl (C=O) groups is 1. The van der Waals surface area contributed by atoms with Crippen molar-refractivity contribution in [2.24, 2.45) is 5.92 Å². The molecule has 0 aliphatic carbocycles. The van der Waals surface area contributed by atoms with E-state index in [0.29, 0.717) is 24.7 Å². The summed E-state index contributed by atoms with van der Waals surface area (Å²) in [5.41, 5.74) is 0. The maximum Gasteiger partial charge on any atom is 0.320 e. The van der Waals surface area contributed by atoms with Crippen molar-refractivity contribution in [3.63, 3.8) is 0 Å². The molecule has 1 aliphatic heterocycles. The zero-order chi connectivity index (χ0) is 11.5. The number of nitrogens with one attached hydrogen (secondary N) is 1. The second kappa shape index (κ2) is 4.79. The Morgan fingerprint density at radius 3 is 3.12 bits per heavy atom. The normalized spacial score (nSPS) is 25.6. The van der Waals surface area contributed by atoms with Gasteiger partial charge >= 0.3 is 5.97 Å². The third-order valence-electron chi connectivity index (χ3n) is 2.75. The van der Waals surface area contributed by atoms with E-state index in [1.165, 1.54) is 0 Å². The lowest BCUT2D eigenvalue weighted by Crippen LogP contribution is -2.44. The lowest BCUT2D eigenvalue weighted by atomic mass is 9.92. The van der Waals surface area contributed by atoms with Gasteiger partial charge in [-0.1, -0.05) is 0 Å². The van der Waals surface area contributed by atoms with Gasteiger partial charge in [-0.15, -0.1) is 17.7 Å². The number of piperidine rings is 1. The van der Waals surface area contributed by atoms with Crippen molar-refractivity contribution >= 4 is 18.6 Å². The molecule has 1 saturated heterocycles. The summed E-state index contributed by atoms with van der Waals surface area (Å²) >= 11 is 4.11. The molecule has 2 heterocycles. The maximum absolute atomic E-state index is 10.8. The molecule has 1 aliphatic rings. The van der Waals surface area contributed by atoms with Gasteiger partial charge in [-0.05, 0) is 35.7 Å². The first kappa shape index (κ1) is 11.3. The van der Waals surface area contributed by atoms with Gasteiger partial charge in [0.25, 0.3) is 0 Å². The summed E-state index contributed by atoms with van der Waals surface area (Å²) in [4.78, 5) is 10.8. The van der Waals surface area contributed by atoms with E-state index in [4.69, 9.17) is 5.11 Å². The molecule has 0 aromatic carbocycles.